The third-order valence-corrected chi connectivity index (χ3v) is 4.33. The SMILES string of the molecule is CC(C)N1CCC(c2nnc3c(Cl)cccn23)CC1. The molecule has 0 aromatic carbocycles. The van der Waals surface area contributed by atoms with Gasteiger partial charge in [0.1, 0.15) is 5.82 Å². The third kappa shape index (κ3) is 2.35. The van der Waals surface area contributed by atoms with Crippen LogP contribution in [0.1, 0.15) is 38.4 Å². The summed E-state index contributed by atoms with van der Waals surface area (Å²) >= 11 is 6.14. The summed E-state index contributed by atoms with van der Waals surface area (Å²) < 4.78 is 2.04. The Kier molecular flexibility index (Phi) is 3.46. The summed E-state index contributed by atoms with van der Waals surface area (Å²) in [6.07, 6.45) is 4.29. The van der Waals surface area contributed by atoms with Gasteiger partial charge in [0.15, 0.2) is 5.65 Å². The first-order valence-electron chi connectivity index (χ1n) is 6.90. The lowest BCUT2D eigenvalue weighted by molar-refractivity contribution is 0.169. The lowest BCUT2D eigenvalue weighted by Gasteiger charge is -2.33. The summed E-state index contributed by atoms with van der Waals surface area (Å²) in [5.74, 6) is 1.55. The number of aromatic nitrogens is 3. The zero-order valence-corrected chi connectivity index (χ0v) is 12.1. The minimum Gasteiger partial charge on any atom is -0.301 e. The zero-order valence-electron chi connectivity index (χ0n) is 11.4. The summed E-state index contributed by atoms with van der Waals surface area (Å²) in [7, 11) is 0. The van der Waals surface area contributed by atoms with Crippen LogP contribution >= 0.6 is 11.6 Å². The molecule has 0 saturated carbocycles. The van der Waals surface area contributed by atoms with Crippen LogP contribution in [0.5, 0.6) is 0 Å². The van der Waals surface area contributed by atoms with Gasteiger partial charge in [-0.3, -0.25) is 4.40 Å². The van der Waals surface area contributed by atoms with Gasteiger partial charge in [-0.05, 0) is 51.9 Å². The first-order valence-corrected chi connectivity index (χ1v) is 7.28. The number of hydrogen-bond acceptors (Lipinski definition) is 3. The highest BCUT2D eigenvalue weighted by Crippen LogP contribution is 2.29. The van der Waals surface area contributed by atoms with Crippen molar-refractivity contribution in [2.45, 2.75) is 38.6 Å². The van der Waals surface area contributed by atoms with Crippen LogP contribution in [0, 0.1) is 0 Å². The van der Waals surface area contributed by atoms with E-state index in [1.165, 1.54) is 0 Å². The normalized spacial score (nSPS) is 18.5. The van der Waals surface area contributed by atoms with Crippen LogP contribution in [-0.4, -0.2) is 38.6 Å². The summed E-state index contributed by atoms with van der Waals surface area (Å²) in [5.41, 5.74) is 0.769. The van der Waals surface area contributed by atoms with Crippen LogP contribution in [0.2, 0.25) is 5.02 Å². The number of nitrogens with zero attached hydrogens (tertiary/aromatic N) is 4. The molecule has 2 aromatic rings. The van der Waals surface area contributed by atoms with Crippen molar-refractivity contribution in [3.8, 4) is 0 Å². The summed E-state index contributed by atoms with van der Waals surface area (Å²) in [6, 6.07) is 4.44. The highest BCUT2D eigenvalue weighted by atomic mass is 35.5. The minimum absolute atomic E-state index is 0.489. The molecule has 1 aliphatic heterocycles. The van der Waals surface area contributed by atoms with Crippen molar-refractivity contribution in [1.82, 2.24) is 19.5 Å². The van der Waals surface area contributed by atoms with Crippen molar-refractivity contribution in [3.63, 3.8) is 0 Å². The Morgan fingerprint density at radius 2 is 2.00 bits per heavy atom. The second kappa shape index (κ2) is 5.10. The molecule has 0 aliphatic carbocycles. The van der Waals surface area contributed by atoms with Crippen molar-refractivity contribution in [1.29, 1.82) is 0 Å². The van der Waals surface area contributed by atoms with Crippen LogP contribution in [0.25, 0.3) is 5.65 Å². The van der Waals surface area contributed by atoms with Gasteiger partial charge in [0, 0.05) is 18.2 Å². The molecular formula is C14H19ClN4. The Bertz CT molecular complexity index is 570. The molecule has 102 valence electrons. The molecule has 0 atom stereocenters. The average Bonchev–Trinajstić information content (AvgIpc) is 2.84. The van der Waals surface area contributed by atoms with Crippen molar-refractivity contribution >= 4 is 17.2 Å². The van der Waals surface area contributed by atoms with Crippen LogP contribution < -0.4 is 0 Å². The summed E-state index contributed by atoms with van der Waals surface area (Å²) in [6.45, 7) is 6.79. The van der Waals surface area contributed by atoms with E-state index in [4.69, 9.17) is 11.6 Å². The number of rotatable bonds is 2. The minimum atomic E-state index is 0.489. The Balaban J connectivity index is 1.84. The molecule has 0 radical (unpaired) electrons. The molecule has 0 spiro atoms. The van der Waals surface area contributed by atoms with Gasteiger partial charge in [-0.15, -0.1) is 10.2 Å². The van der Waals surface area contributed by atoms with Gasteiger partial charge in [-0.25, -0.2) is 0 Å². The lowest BCUT2D eigenvalue weighted by Crippen LogP contribution is -2.38. The maximum absolute atomic E-state index is 6.14. The third-order valence-electron chi connectivity index (χ3n) is 4.04. The lowest BCUT2D eigenvalue weighted by atomic mass is 9.95. The van der Waals surface area contributed by atoms with Gasteiger partial charge in [0.25, 0.3) is 0 Å². The maximum atomic E-state index is 6.14. The summed E-state index contributed by atoms with van der Waals surface area (Å²) in [4.78, 5) is 2.52. The van der Waals surface area contributed by atoms with Crippen molar-refractivity contribution in [2.75, 3.05) is 13.1 Å². The van der Waals surface area contributed by atoms with Crippen molar-refractivity contribution in [2.24, 2.45) is 0 Å². The average molecular weight is 279 g/mol. The topological polar surface area (TPSA) is 33.4 Å². The van der Waals surface area contributed by atoms with Crippen LogP contribution in [0.3, 0.4) is 0 Å². The van der Waals surface area contributed by atoms with E-state index in [0.29, 0.717) is 17.0 Å². The Labute approximate surface area is 118 Å². The van der Waals surface area contributed by atoms with Gasteiger partial charge in [0.2, 0.25) is 0 Å². The Morgan fingerprint density at radius 1 is 1.26 bits per heavy atom. The van der Waals surface area contributed by atoms with E-state index >= 15 is 0 Å². The van der Waals surface area contributed by atoms with E-state index in [0.717, 1.165) is 37.4 Å². The molecule has 0 bridgehead atoms. The van der Waals surface area contributed by atoms with Gasteiger partial charge >= 0.3 is 0 Å². The van der Waals surface area contributed by atoms with Crippen LogP contribution in [0.15, 0.2) is 18.3 Å². The van der Waals surface area contributed by atoms with Gasteiger partial charge in [0.05, 0.1) is 5.02 Å². The molecule has 5 heteroatoms. The molecule has 2 aromatic heterocycles. The molecular weight excluding hydrogens is 260 g/mol. The fourth-order valence-corrected chi connectivity index (χ4v) is 3.06. The quantitative estimate of drug-likeness (QED) is 0.847. The van der Waals surface area contributed by atoms with E-state index < -0.39 is 0 Å². The predicted molar refractivity (Wildman–Crippen MR) is 76.7 cm³/mol. The number of fused-ring (bicyclic) bond motifs is 1. The summed E-state index contributed by atoms with van der Waals surface area (Å²) in [5, 5.41) is 9.24. The number of piperidine rings is 1. The van der Waals surface area contributed by atoms with Crippen molar-refractivity contribution < 1.29 is 0 Å². The standard InChI is InChI=1S/C14H19ClN4/c1-10(2)18-8-5-11(6-9-18)13-16-17-14-12(15)4-3-7-19(13)14/h3-4,7,10-11H,5-6,8-9H2,1-2H3. The molecule has 0 N–H and O–H groups in total. The maximum Gasteiger partial charge on any atom is 0.179 e. The predicted octanol–water partition coefficient (Wildman–Crippen LogP) is 2.97. The number of halogens is 1. The fourth-order valence-electron chi connectivity index (χ4n) is 2.85. The highest BCUT2D eigenvalue weighted by Gasteiger charge is 2.25. The van der Waals surface area contributed by atoms with E-state index in [9.17, 15) is 0 Å². The molecule has 3 rings (SSSR count). The van der Waals surface area contributed by atoms with Gasteiger partial charge in [-0.2, -0.15) is 0 Å². The molecule has 4 nitrogen and oxygen atoms in total. The number of pyridine rings is 1. The molecule has 1 aliphatic rings. The molecule has 1 fully saturated rings. The van der Waals surface area contributed by atoms with Crippen LogP contribution in [-0.2, 0) is 0 Å². The first kappa shape index (κ1) is 12.9. The van der Waals surface area contributed by atoms with Gasteiger partial charge in [-0.1, -0.05) is 11.6 Å². The molecule has 0 amide bonds. The second-order valence-electron chi connectivity index (χ2n) is 5.51. The highest BCUT2D eigenvalue weighted by molar-refractivity contribution is 6.33. The smallest absolute Gasteiger partial charge is 0.179 e. The second-order valence-corrected chi connectivity index (χ2v) is 5.92. The Morgan fingerprint density at radius 3 is 2.68 bits per heavy atom. The first-order chi connectivity index (χ1) is 9.16. The molecule has 1 saturated heterocycles. The fraction of sp³-hybridized carbons (Fsp3) is 0.571. The van der Waals surface area contributed by atoms with Gasteiger partial charge < -0.3 is 4.90 Å². The monoisotopic (exact) mass is 278 g/mol. The molecule has 0 unspecified atom stereocenters. The zero-order chi connectivity index (χ0) is 13.4. The van der Waals surface area contributed by atoms with Crippen molar-refractivity contribution in [3.05, 3.63) is 29.2 Å². The number of hydrogen-bond donors (Lipinski definition) is 0. The molecule has 3 heterocycles. The van der Waals surface area contributed by atoms with E-state index in [1.807, 2.05) is 22.7 Å². The molecule has 19 heavy (non-hydrogen) atoms. The Hall–Kier alpha value is -1.13. The van der Waals surface area contributed by atoms with E-state index in [1.54, 1.807) is 0 Å². The largest absolute Gasteiger partial charge is 0.301 e. The van der Waals surface area contributed by atoms with E-state index in [2.05, 4.69) is 28.9 Å². The van der Waals surface area contributed by atoms with E-state index in [-0.39, 0.29) is 0 Å². The van der Waals surface area contributed by atoms with Crippen LogP contribution in [0.4, 0.5) is 0 Å². The number of likely N-dealkylation sites (tertiary alicyclic amines) is 1.